The zero-order valence-corrected chi connectivity index (χ0v) is 26.4. The van der Waals surface area contributed by atoms with Crippen LogP contribution in [-0.2, 0) is 28.7 Å². The maximum atomic E-state index is 13.4. The predicted molar refractivity (Wildman–Crippen MR) is 166 cm³/mol. The Morgan fingerprint density at radius 1 is 1.26 bits per heavy atom. The lowest BCUT2D eigenvalue weighted by Gasteiger charge is -2.49. The van der Waals surface area contributed by atoms with Gasteiger partial charge in [-0.25, -0.2) is 9.78 Å². The molecule has 4 rings (SSSR count). The van der Waals surface area contributed by atoms with Crippen molar-refractivity contribution in [1.29, 1.82) is 0 Å². The van der Waals surface area contributed by atoms with Gasteiger partial charge in [0.1, 0.15) is 22.8 Å². The molecule has 0 spiro atoms. The van der Waals surface area contributed by atoms with Gasteiger partial charge in [-0.3, -0.25) is 24.3 Å². The Bertz CT molecular complexity index is 1430. The van der Waals surface area contributed by atoms with Crippen molar-refractivity contribution in [3.63, 3.8) is 0 Å². The van der Waals surface area contributed by atoms with E-state index < -0.39 is 47.2 Å². The highest BCUT2D eigenvalue weighted by molar-refractivity contribution is 8.00. The molecule has 13 nitrogen and oxygen atoms in total. The number of anilines is 1. The Labute approximate surface area is 267 Å². The molecular formula is C26H30Cl2N6O7S2. The van der Waals surface area contributed by atoms with Crippen LogP contribution >= 0.6 is 47.9 Å². The number of amides is 2. The number of nitrogens with zero attached hydrogens (tertiary/aromatic N) is 4. The van der Waals surface area contributed by atoms with E-state index in [9.17, 15) is 24.4 Å². The average Bonchev–Trinajstić information content (AvgIpc) is 3.35. The van der Waals surface area contributed by atoms with E-state index in [4.69, 9.17) is 15.2 Å². The maximum absolute atomic E-state index is 13.4. The Kier molecular flexibility index (Phi) is 13.0. The number of carbonyl (C=O) groups is 4. The highest BCUT2D eigenvalue weighted by Gasteiger charge is 2.54. The first kappa shape index (κ1) is 35.5. The van der Waals surface area contributed by atoms with E-state index in [1.54, 1.807) is 30.6 Å². The molecule has 232 valence electrons. The van der Waals surface area contributed by atoms with Gasteiger partial charge < -0.3 is 25.7 Å². The van der Waals surface area contributed by atoms with Crippen molar-refractivity contribution in [2.24, 2.45) is 11.1 Å². The van der Waals surface area contributed by atoms with E-state index in [0.717, 1.165) is 16.9 Å². The number of allylic oxidation sites excluding steroid dienone is 1. The summed E-state index contributed by atoms with van der Waals surface area (Å²) >= 11 is 2.38. The van der Waals surface area contributed by atoms with Crippen LogP contribution in [0, 0.1) is 5.92 Å². The van der Waals surface area contributed by atoms with Crippen molar-refractivity contribution in [1.82, 2.24) is 20.2 Å². The number of aromatic nitrogens is 2. The number of nitrogens with one attached hydrogen (secondary N) is 1. The van der Waals surface area contributed by atoms with Crippen molar-refractivity contribution in [2.45, 2.75) is 44.9 Å². The molecule has 2 aliphatic heterocycles. The molecule has 1 unspecified atom stereocenters. The summed E-state index contributed by atoms with van der Waals surface area (Å²) in [7, 11) is 0. The monoisotopic (exact) mass is 672 g/mol. The van der Waals surface area contributed by atoms with Gasteiger partial charge in [-0.1, -0.05) is 37.2 Å². The number of carbonyl (C=O) groups excluding carboxylic acids is 4. The number of rotatable bonds is 10. The maximum Gasteiger partial charge on any atom is 0.358 e. The summed E-state index contributed by atoms with van der Waals surface area (Å²) in [6.45, 7) is 5.13. The molecule has 2 aliphatic rings. The second kappa shape index (κ2) is 15.7. The second-order valence-electron chi connectivity index (χ2n) is 9.43. The van der Waals surface area contributed by atoms with E-state index in [1.165, 1.54) is 29.0 Å². The van der Waals surface area contributed by atoms with Gasteiger partial charge in [-0.2, -0.15) is 0 Å². The largest absolute Gasteiger partial charge is 0.425 e. The molecule has 43 heavy (non-hydrogen) atoms. The molecule has 2 aromatic heterocycles. The third kappa shape index (κ3) is 8.46. The van der Waals surface area contributed by atoms with Crippen LogP contribution in [0.1, 0.15) is 38.4 Å². The Hall–Kier alpha value is -3.66. The minimum absolute atomic E-state index is 0. The van der Waals surface area contributed by atoms with Crippen LogP contribution in [0.15, 0.2) is 52.4 Å². The van der Waals surface area contributed by atoms with E-state index in [0.29, 0.717) is 11.3 Å². The number of β-lactam (4-membered cyclic amide) rings is 1. The number of thiazole rings is 1. The van der Waals surface area contributed by atoms with Crippen LogP contribution in [0.2, 0.25) is 0 Å². The van der Waals surface area contributed by atoms with E-state index >= 15 is 0 Å². The molecule has 4 N–H and O–H groups in total. The molecule has 0 aliphatic carbocycles. The van der Waals surface area contributed by atoms with Crippen LogP contribution in [0.4, 0.5) is 5.13 Å². The van der Waals surface area contributed by atoms with Crippen LogP contribution < -0.4 is 11.1 Å². The van der Waals surface area contributed by atoms with E-state index in [1.807, 2.05) is 19.9 Å². The smallest absolute Gasteiger partial charge is 0.358 e. The molecule has 1 saturated heterocycles. The highest BCUT2D eigenvalue weighted by Crippen LogP contribution is 2.41. The number of nitrogen functional groups attached to an aromatic ring is 1. The fraction of sp³-hybridized carbons (Fsp3) is 0.346. The molecule has 4 heterocycles. The lowest BCUT2D eigenvalue weighted by molar-refractivity contribution is -0.184. The number of ether oxygens (including phenoxy) is 2. The summed E-state index contributed by atoms with van der Waals surface area (Å²) in [4.78, 5) is 60.8. The first-order chi connectivity index (χ1) is 19.6. The molecule has 17 heteroatoms. The topological polar surface area (TPSA) is 186 Å². The van der Waals surface area contributed by atoms with Crippen LogP contribution in [0.5, 0.6) is 0 Å². The summed E-state index contributed by atoms with van der Waals surface area (Å²) in [5, 5.41) is 15.9. The number of nitrogens with two attached hydrogens (primary N) is 1. The van der Waals surface area contributed by atoms with Crippen LogP contribution in [0.25, 0.3) is 6.08 Å². The third-order valence-corrected chi connectivity index (χ3v) is 7.84. The lowest BCUT2D eigenvalue weighted by Crippen LogP contribution is -2.71. The van der Waals surface area contributed by atoms with E-state index in [-0.39, 0.29) is 53.7 Å². The zero-order valence-electron chi connectivity index (χ0n) is 23.2. The van der Waals surface area contributed by atoms with Gasteiger partial charge >= 0.3 is 11.9 Å². The number of esters is 2. The quantitative estimate of drug-likeness (QED) is 0.0841. The summed E-state index contributed by atoms with van der Waals surface area (Å²) in [5.41, 5.74) is 6.50. The Morgan fingerprint density at radius 3 is 2.60 bits per heavy atom. The van der Waals surface area contributed by atoms with Gasteiger partial charge in [0.2, 0.25) is 6.29 Å². The number of thioether (sulfide) groups is 1. The SMILES string of the molecule is CC(C)CC(=O)OC(C)OC(=O)C1=C(/C=C\c2cccnc2)CS[C@H]2[C@H](NC(=O)C(=NO)c3csc(N)n3)C(=O)N12.Cl.Cl. The number of hydrogen-bond acceptors (Lipinski definition) is 13. The second-order valence-corrected chi connectivity index (χ2v) is 11.4. The number of halogens is 2. The van der Waals surface area contributed by atoms with Crippen LogP contribution in [-0.4, -0.2) is 73.0 Å². The molecule has 2 amide bonds. The molecule has 0 bridgehead atoms. The van der Waals surface area contributed by atoms with Crippen molar-refractivity contribution < 1.29 is 33.9 Å². The molecule has 1 fully saturated rings. The highest BCUT2D eigenvalue weighted by atomic mass is 35.5. The van der Waals surface area contributed by atoms with Gasteiger partial charge in [0.05, 0.1) is 0 Å². The Morgan fingerprint density at radius 2 is 2.00 bits per heavy atom. The fourth-order valence-electron chi connectivity index (χ4n) is 4.05. The van der Waals surface area contributed by atoms with E-state index in [2.05, 4.69) is 20.4 Å². The molecule has 0 radical (unpaired) electrons. The number of oxime groups is 1. The van der Waals surface area contributed by atoms with Crippen molar-refractivity contribution >= 4 is 88.6 Å². The molecule has 3 atom stereocenters. The first-order valence-electron chi connectivity index (χ1n) is 12.5. The van der Waals surface area contributed by atoms with Gasteiger partial charge in [0.25, 0.3) is 11.8 Å². The fourth-order valence-corrected chi connectivity index (χ4v) is 5.91. The Balaban J connectivity index is 0.00000323. The minimum atomic E-state index is -1.20. The lowest BCUT2D eigenvalue weighted by atomic mass is 10.0. The van der Waals surface area contributed by atoms with Gasteiger partial charge in [-0.05, 0) is 23.1 Å². The molecule has 2 aromatic rings. The first-order valence-corrected chi connectivity index (χ1v) is 14.4. The van der Waals surface area contributed by atoms with Gasteiger partial charge in [-0.15, -0.1) is 47.9 Å². The number of fused-ring (bicyclic) bond motifs is 1. The minimum Gasteiger partial charge on any atom is -0.425 e. The van der Waals surface area contributed by atoms with Gasteiger partial charge in [0, 0.05) is 36.9 Å². The van der Waals surface area contributed by atoms with Crippen LogP contribution in [0.3, 0.4) is 0 Å². The normalized spacial score (nSPS) is 18.7. The molecule has 0 saturated carbocycles. The third-order valence-electron chi connectivity index (χ3n) is 5.86. The summed E-state index contributed by atoms with van der Waals surface area (Å²) in [6, 6.07) is 2.57. The molecular weight excluding hydrogens is 643 g/mol. The summed E-state index contributed by atoms with van der Waals surface area (Å²) in [5.74, 6) is -2.43. The number of hydrogen-bond donors (Lipinski definition) is 3. The predicted octanol–water partition coefficient (Wildman–Crippen LogP) is 2.99. The summed E-state index contributed by atoms with van der Waals surface area (Å²) < 4.78 is 10.6. The number of pyridine rings is 1. The summed E-state index contributed by atoms with van der Waals surface area (Å²) in [6.07, 6.45) is 5.66. The zero-order chi connectivity index (χ0) is 29.7. The van der Waals surface area contributed by atoms with Crippen molar-refractivity contribution in [3.8, 4) is 0 Å². The van der Waals surface area contributed by atoms with Gasteiger partial charge in [0.15, 0.2) is 10.8 Å². The average molecular weight is 674 g/mol. The standard InChI is InChI=1S/C26H28N6O7S2.2ClH/c1-13(2)9-18(33)38-14(3)39-25(36)21-16(7-6-15-5-4-8-28-10-15)11-40-24-20(23(35)32(21)24)30-22(34)19(31-37)17-12-41-26(27)29-17;;/h4-8,10,12-14,20,24,37H,9,11H2,1-3H3,(H2,27,29)(H,30,34);2*1H/b7-6-,31-19?;;/t14?,20-,24+;;/m1../s1. The molecule has 0 aromatic carbocycles. The van der Waals surface area contributed by atoms with Crippen molar-refractivity contribution in [3.05, 3.63) is 58.5 Å². The van der Waals surface area contributed by atoms with Crippen molar-refractivity contribution in [2.75, 3.05) is 11.5 Å².